The largest absolute Gasteiger partial charge is 0.361 e. The van der Waals surface area contributed by atoms with Gasteiger partial charge in [-0.3, -0.25) is 4.79 Å². The lowest BCUT2D eigenvalue weighted by molar-refractivity contribution is 0.101. The summed E-state index contributed by atoms with van der Waals surface area (Å²) >= 11 is 0. The lowest BCUT2D eigenvalue weighted by Gasteiger charge is -2.15. The van der Waals surface area contributed by atoms with E-state index in [1.54, 1.807) is 30.6 Å². The molecular formula is C14H15N7O. The second kappa shape index (κ2) is 5.40. The number of aryl methyl sites for hydroxylation is 1. The number of hydrogen-bond donors (Lipinski definition) is 1. The minimum absolute atomic E-state index is 0.0651. The fourth-order valence-electron chi connectivity index (χ4n) is 2.03. The van der Waals surface area contributed by atoms with E-state index in [1.165, 1.54) is 4.52 Å². The van der Waals surface area contributed by atoms with Crippen LogP contribution in [0.5, 0.6) is 0 Å². The molecule has 0 aromatic carbocycles. The van der Waals surface area contributed by atoms with Crippen LogP contribution >= 0.6 is 0 Å². The van der Waals surface area contributed by atoms with E-state index in [9.17, 15) is 4.79 Å². The van der Waals surface area contributed by atoms with Crippen molar-refractivity contribution in [2.45, 2.75) is 6.92 Å². The van der Waals surface area contributed by atoms with E-state index in [2.05, 4.69) is 25.4 Å². The van der Waals surface area contributed by atoms with E-state index in [4.69, 9.17) is 0 Å². The van der Waals surface area contributed by atoms with Crippen LogP contribution in [-0.4, -0.2) is 44.6 Å². The van der Waals surface area contributed by atoms with Crippen LogP contribution < -0.4 is 10.2 Å². The Morgan fingerprint density at radius 1 is 1.23 bits per heavy atom. The van der Waals surface area contributed by atoms with Gasteiger partial charge in [0, 0.05) is 32.2 Å². The Kier molecular flexibility index (Phi) is 3.42. The molecule has 0 aliphatic rings. The highest BCUT2D eigenvalue weighted by Gasteiger charge is 2.16. The Morgan fingerprint density at radius 3 is 2.77 bits per heavy atom. The van der Waals surface area contributed by atoms with Gasteiger partial charge < -0.3 is 10.2 Å². The Balaban J connectivity index is 1.92. The zero-order valence-corrected chi connectivity index (χ0v) is 12.5. The summed E-state index contributed by atoms with van der Waals surface area (Å²) in [7, 11) is 3.71. The predicted octanol–water partition coefficient (Wildman–Crippen LogP) is 1.15. The maximum absolute atomic E-state index is 12.3. The number of carbonyl (C=O) groups is 1. The molecule has 0 saturated heterocycles. The molecule has 0 bridgehead atoms. The van der Waals surface area contributed by atoms with Gasteiger partial charge in [-0.15, -0.1) is 5.10 Å². The number of anilines is 2. The van der Waals surface area contributed by atoms with Gasteiger partial charge in [0.2, 0.25) is 5.82 Å². The van der Waals surface area contributed by atoms with Gasteiger partial charge in [0.15, 0.2) is 5.82 Å². The molecule has 112 valence electrons. The first kappa shape index (κ1) is 13.9. The van der Waals surface area contributed by atoms with Crippen molar-refractivity contribution in [3.8, 4) is 0 Å². The van der Waals surface area contributed by atoms with Crippen molar-refractivity contribution in [1.82, 2.24) is 24.6 Å². The van der Waals surface area contributed by atoms with Gasteiger partial charge in [-0.05, 0) is 25.1 Å². The highest BCUT2D eigenvalue weighted by molar-refractivity contribution is 6.03. The molecule has 0 unspecified atom stereocenters. The lowest BCUT2D eigenvalue weighted by Crippen LogP contribution is -2.18. The monoisotopic (exact) mass is 297 g/mol. The van der Waals surface area contributed by atoms with Crippen LogP contribution in [0, 0.1) is 6.92 Å². The van der Waals surface area contributed by atoms with Crippen LogP contribution in [0.2, 0.25) is 0 Å². The van der Waals surface area contributed by atoms with Crippen molar-refractivity contribution in [2.75, 3.05) is 24.3 Å². The molecular weight excluding hydrogens is 282 g/mol. The van der Waals surface area contributed by atoms with Gasteiger partial charge in [0.05, 0.1) is 5.69 Å². The van der Waals surface area contributed by atoms with E-state index in [-0.39, 0.29) is 5.82 Å². The van der Waals surface area contributed by atoms with E-state index in [0.29, 0.717) is 17.3 Å². The second-order valence-electron chi connectivity index (χ2n) is 4.96. The van der Waals surface area contributed by atoms with E-state index < -0.39 is 5.91 Å². The third kappa shape index (κ3) is 2.46. The summed E-state index contributed by atoms with van der Waals surface area (Å²) in [6.45, 7) is 1.87. The zero-order valence-electron chi connectivity index (χ0n) is 12.5. The Bertz CT molecular complexity index is 840. The summed E-state index contributed by atoms with van der Waals surface area (Å²) in [6.07, 6.45) is 3.30. The van der Waals surface area contributed by atoms with Crippen molar-refractivity contribution < 1.29 is 4.79 Å². The highest BCUT2D eigenvalue weighted by Crippen LogP contribution is 2.20. The standard InChI is InChI=1S/C14H15N7O/c1-9-6-8-16-14-18-11(19-21(9)14)13(22)17-10-5-4-7-15-12(10)20(2)3/h4-8H,1-3H3,(H,17,22). The number of fused-ring (bicyclic) bond motifs is 1. The molecule has 1 amide bonds. The average molecular weight is 297 g/mol. The molecule has 0 radical (unpaired) electrons. The number of rotatable bonds is 3. The normalized spacial score (nSPS) is 10.7. The van der Waals surface area contributed by atoms with Crippen LogP contribution in [0.15, 0.2) is 30.6 Å². The number of hydrogen-bond acceptors (Lipinski definition) is 6. The topological polar surface area (TPSA) is 88.3 Å². The molecule has 3 aromatic rings. The fourth-order valence-corrected chi connectivity index (χ4v) is 2.03. The molecule has 0 saturated carbocycles. The molecule has 8 heteroatoms. The first-order chi connectivity index (χ1) is 10.6. The van der Waals surface area contributed by atoms with Gasteiger partial charge in [-0.2, -0.15) is 4.98 Å². The molecule has 8 nitrogen and oxygen atoms in total. The summed E-state index contributed by atoms with van der Waals surface area (Å²) in [4.78, 5) is 26.6. The molecule has 1 N–H and O–H groups in total. The molecule has 0 aliphatic carbocycles. The molecule has 0 fully saturated rings. The molecule has 3 heterocycles. The summed E-state index contributed by atoms with van der Waals surface area (Å²) in [5.74, 6) is 0.717. The van der Waals surface area contributed by atoms with E-state index >= 15 is 0 Å². The molecule has 3 aromatic heterocycles. The number of nitrogens with zero attached hydrogens (tertiary/aromatic N) is 6. The number of amides is 1. The molecule has 0 atom stereocenters. The summed E-state index contributed by atoms with van der Waals surface area (Å²) in [5.41, 5.74) is 1.45. The van der Waals surface area contributed by atoms with Gasteiger partial charge in [0.25, 0.3) is 11.7 Å². The smallest absolute Gasteiger partial charge is 0.295 e. The van der Waals surface area contributed by atoms with Gasteiger partial charge in [0.1, 0.15) is 0 Å². The Morgan fingerprint density at radius 2 is 2.05 bits per heavy atom. The van der Waals surface area contributed by atoms with Crippen LogP contribution in [0.1, 0.15) is 16.3 Å². The second-order valence-corrected chi connectivity index (χ2v) is 4.96. The molecule has 0 aliphatic heterocycles. The Labute approximate surface area is 126 Å². The maximum atomic E-state index is 12.3. The first-order valence-corrected chi connectivity index (χ1v) is 6.68. The highest BCUT2D eigenvalue weighted by atomic mass is 16.2. The van der Waals surface area contributed by atoms with Crippen molar-refractivity contribution in [3.05, 3.63) is 42.1 Å². The summed E-state index contributed by atoms with van der Waals surface area (Å²) in [5, 5.41) is 6.96. The minimum atomic E-state index is -0.402. The van der Waals surface area contributed by atoms with Crippen molar-refractivity contribution in [1.29, 1.82) is 0 Å². The number of aromatic nitrogens is 5. The quantitative estimate of drug-likeness (QED) is 0.780. The van der Waals surface area contributed by atoms with Crippen molar-refractivity contribution >= 4 is 23.2 Å². The first-order valence-electron chi connectivity index (χ1n) is 6.68. The van der Waals surface area contributed by atoms with Crippen molar-refractivity contribution in [3.63, 3.8) is 0 Å². The third-order valence-electron chi connectivity index (χ3n) is 3.09. The molecule has 22 heavy (non-hydrogen) atoms. The maximum Gasteiger partial charge on any atom is 0.295 e. The zero-order chi connectivity index (χ0) is 15.7. The van der Waals surface area contributed by atoms with Crippen LogP contribution in [0.4, 0.5) is 11.5 Å². The number of carbonyl (C=O) groups excluding carboxylic acids is 1. The molecule has 0 spiro atoms. The van der Waals surface area contributed by atoms with Crippen LogP contribution in [0.25, 0.3) is 5.78 Å². The fraction of sp³-hybridized carbons (Fsp3) is 0.214. The number of nitrogens with one attached hydrogen (secondary N) is 1. The summed E-state index contributed by atoms with van der Waals surface area (Å²) in [6, 6.07) is 5.33. The lowest BCUT2D eigenvalue weighted by atomic mass is 10.3. The molecule has 3 rings (SSSR count). The predicted molar refractivity (Wildman–Crippen MR) is 82.0 cm³/mol. The van der Waals surface area contributed by atoms with E-state index in [1.807, 2.05) is 25.9 Å². The summed E-state index contributed by atoms with van der Waals surface area (Å²) < 4.78 is 1.53. The van der Waals surface area contributed by atoms with Gasteiger partial charge in [-0.25, -0.2) is 14.5 Å². The van der Waals surface area contributed by atoms with Crippen LogP contribution in [-0.2, 0) is 0 Å². The average Bonchev–Trinajstić information content (AvgIpc) is 2.93. The van der Waals surface area contributed by atoms with E-state index in [0.717, 1.165) is 5.69 Å². The van der Waals surface area contributed by atoms with Crippen LogP contribution in [0.3, 0.4) is 0 Å². The minimum Gasteiger partial charge on any atom is -0.361 e. The number of pyridine rings is 1. The Hall–Kier alpha value is -3.03. The van der Waals surface area contributed by atoms with Crippen molar-refractivity contribution in [2.24, 2.45) is 0 Å². The third-order valence-corrected chi connectivity index (χ3v) is 3.09. The van der Waals surface area contributed by atoms with Gasteiger partial charge in [-0.1, -0.05) is 0 Å². The SMILES string of the molecule is Cc1ccnc2nc(C(=O)Nc3cccnc3N(C)C)nn12. The van der Waals surface area contributed by atoms with Gasteiger partial charge >= 0.3 is 0 Å².